The van der Waals surface area contributed by atoms with Gasteiger partial charge in [0.1, 0.15) is 12.9 Å². The van der Waals surface area contributed by atoms with E-state index in [1.807, 2.05) is 0 Å². The number of ether oxygens (including phenoxy) is 1. The molecular formula is C25H33ClN2O5. The highest BCUT2D eigenvalue weighted by atomic mass is 35.5. The number of hydrogen-bond donors (Lipinski definition) is 2. The fraction of sp³-hybridized carbons (Fsp3) is 0.600. The van der Waals surface area contributed by atoms with Gasteiger partial charge in [0.25, 0.3) is 0 Å². The third-order valence-electron chi connectivity index (χ3n) is 6.64. The summed E-state index contributed by atoms with van der Waals surface area (Å²) in [4.78, 5) is 49.2. The van der Waals surface area contributed by atoms with E-state index in [0.29, 0.717) is 36.7 Å². The van der Waals surface area contributed by atoms with Gasteiger partial charge in [-0.3, -0.25) is 9.59 Å². The van der Waals surface area contributed by atoms with E-state index in [0.717, 1.165) is 37.5 Å². The number of aldehydes is 1. The van der Waals surface area contributed by atoms with Crippen LogP contribution in [0.2, 0.25) is 5.02 Å². The molecule has 33 heavy (non-hydrogen) atoms. The van der Waals surface area contributed by atoms with Gasteiger partial charge in [-0.1, -0.05) is 55.8 Å². The molecule has 0 radical (unpaired) electrons. The summed E-state index contributed by atoms with van der Waals surface area (Å²) in [6, 6.07) is 6.33. The highest BCUT2D eigenvalue weighted by molar-refractivity contribution is 6.30. The summed E-state index contributed by atoms with van der Waals surface area (Å²) < 4.78 is 5.32. The third kappa shape index (κ3) is 8.14. The molecule has 2 amide bonds. The number of hydrogen-bond acceptors (Lipinski definition) is 5. The number of ketones is 1. The number of halogens is 1. The number of nitrogens with one attached hydrogen (secondary N) is 2. The quantitative estimate of drug-likeness (QED) is 0.466. The number of rotatable bonds is 11. The van der Waals surface area contributed by atoms with Gasteiger partial charge >= 0.3 is 6.09 Å². The van der Waals surface area contributed by atoms with Crippen molar-refractivity contribution in [1.82, 2.24) is 10.6 Å². The second-order valence-corrected chi connectivity index (χ2v) is 9.66. The van der Waals surface area contributed by atoms with Crippen molar-refractivity contribution in [3.05, 3.63) is 34.9 Å². The molecule has 0 bridgehead atoms. The molecule has 2 fully saturated rings. The van der Waals surface area contributed by atoms with Gasteiger partial charge in [-0.2, -0.15) is 0 Å². The van der Waals surface area contributed by atoms with Gasteiger partial charge < -0.3 is 20.2 Å². The average molecular weight is 477 g/mol. The van der Waals surface area contributed by atoms with Crippen molar-refractivity contribution in [2.75, 3.05) is 6.54 Å². The molecule has 1 aromatic rings. The van der Waals surface area contributed by atoms with Crippen LogP contribution in [0.3, 0.4) is 0 Å². The van der Waals surface area contributed by atoms with Crippen LogP contribution in [0.15, 0.2) is 24.3 Å². The molecular weight excluding hydrogens is 444 g/mol. The van der Waals surface area contributed by atoms with Crippen LogP contribution in [0, 0.1) is 17.8 Å². The minimum atomic E-state index is -0.709. The normalized spacial score (nSPS) is 20.5. The molecule has 3 atom stereocenters. The van der Waals surface area contributed by atoms with Gasteiger partial charge in [0, 0.05) is 29.8 Å². The summed E-state index contributed by atoms with van der Waals surface area (Å²) >= 11 is 5.97. The Hall–Kier alpha value is -2.41. The summed E-state index contributed by atoms with van der Waals surface area (Å²) in [5.74, 6) is -0.660. The summed E-state index contributed by atoms with van der Waals surface area (Å²) in [6.07, 6.45) is 7.19. The summed E-state index contributed by atoms with van der Waals surface area (Å²) in [6.45, 7) is 0.651. The Labute approximate surface area is 200 Å². The Morgan fingerprint density at radius 2 is 1.97 bits per heavy atom. The lowest BCUT2D eigenvalue weighted by atomic mass is 9.82. The zero-order valence-electron chi connectivity index (χ0n) is 18.9. The van der Waals surface area contributed by atoms with Crippen LogP contribution in [0.25, 0.3) is 0 Å². The minimum absolute atomic E-state index is 0.0131. The van der Waals surface area contributed by atoms with Crippen molar-refractivity contribution < 1.29 is 23.9 Å². The number of Topliss-reactive ketones (excluding diaryl/α,β-unsaturated/α-hetero) is 1. The highest BCUT2D eigenvalue weighted by Crippen LogP contribution is 2.29. The van der Waals surface area contributed by atoms with Crippen LogP contribution in [-0.4, -0.2) is 36.7 Å². The third-order valence-corrected chi connectivity index (χ3v) is 6.87. The molecule has 1 aromatic carbocycles. The molecule has 0 unspecified atom stereocenters. The molecule has 7 nitrogen and oxygen atoms in total. The molecule has 1 heterocycles. The van der Waals surface area contributed by atoms with Crippen LogP contribution in [0.5, 0.6) is 0 Å². The van der Waals surface area contributed by atoms with E-state index in [1.165, 1.54) is 6.42 Å². The fourth-order valence-electron chi connectivity index (χ4n) is 4.81. The van der Waals surface area contributed by atoms with Crippen molar-refractivity contribution >= 4 is 35.7 Å². The highest BCUT2D eigenvalue weighted by Gasteiger charge is 2.31. The fourth-order valence-corrected chi connectivity index (χ4v) is 5.02. The standard InChI is InChI=1S/C25H33ClN2O5/c26-21-8-4-7-18(12-21)16-33-25(32)28-22(13-17-5-2-1-3-6-17)23(30)14-19(15-29)11-20-9-10-27-24(20)31/h4,7-8,12,15,17,19-20,22H,1-3,5-6,9-11,13-14,16H2,(H,27,31)(H,28,32)/t19-,20+,22+/m1/s1. The predicted octanol–water partition coefficient (Wildman–Crippen LogP) is 4.21. The molecule has 8 heteroatoms. The molecule has 1 aliphatic heterocycles. The van der Waals surface area contributed by atoms with E-state index < -0.39 is 18.1 Å². The second kappa shape index (κ2) is 12.7. The largest absolute Gasteiger partial charge is 0.445 e. The molecule has 1 saturated heterocycles. The lowest BCUT2D eigenvalue weighted by Crippen LogP contribution is -2.43. The van der Waals surface area contributed by atoms with E-state index >= 15 is 0 Å². The van der Waals surface area contributed by atoms with Gasteiger partial charge in [-0.15, -0.1) is 0 Å². The van der Waals surface area contributed by atoms with Crippen LogP contribution in [-0.2, 0) is 25.7 Å². The second-order valence-electron chi connectivity index (χ2n) is 9.22. The van der Waals surface area contributed by atoms with Crippen molar-refractivity contribution in [2.45, 2.75) is 70.4 Å². The Morgan fingerprint density at radius 1 is 1.18 bits per heavy atom. The number of carbonyl (C=O) groups is 4. The van der Waals surface area contributed by atoms with Crippen molar-refractivity contribution in [3.8, 4) is 0 Å². The Morgan fingerprint density at radius 3 is 2.64 bits per heavy atom. The smallest absolute Gasteiger partial charge is 0.408 e. The SMILES string of the molecule is O=C[C@@H](CC(=O)[C@H](CC1CCCCC1)NC(=O)OCc1cccc(Cl)c1)C[C@@H]1CCNC1=O. The molecule has 1 saturated carbocycles. The molecule has 2 N–H and O–H groups in total. The number of amides is 2. The van der Waals surface area contributed by atoms with Crippen molar-refractivity contribution in [3.63, 3.8) is 0 Å². The van der Waals surface area contributed by atoms with Gasteiger partial charge in [0.15, 0.2) is 5.78 Å². The molecule has 180 valence electrons. The number of carbonyl (C=O) groups excluding carboxylic acids is 4. The van der Waals surface area contributed by atoms with E-state index in [2.05, 4.69) is 10.6 Å². The first kappa shape index (κ1) is 25.2. The first-order valence-electron chi connectivity index (χ1n) is 11.9. The first-order valence-corrected chi connectivity index (χ1v) is 12.3. The van der Waals surface area contributed by atoms with Crippen LogP contribution < -0.4 is 10.6 Å². The summed E-state index contributed by atoms with van der Waals surface area (Å²) in [5.41, 5.74) is 0.753. The lowest BCUT2D eigenvalue weighted by Gasteiger charge is -2.27. The van der Waals surface area contributed by atoms with Crippen molar-refractivity contribution in [2.24, 2.45) is 17.8 Å². The molecule has 1 aliphatic carbocycles. The Balaban J connectivity index is 1.59. The van der Waals surface area contributed by atoms with Crippen LogP contribution in [0.4, 0.5) is 4.79 Å². The lowest BCUT2D eigenvalue weighted by molar-refractivity contribution is -0.127. The zero-order valence-corrected chi connectivity index (χ0v) is 19.6. The summed E-state index contributed by atoms with van der Waals surface area (Å²) in [5, 5.41) is 6.06. The summed E-state index contributed by atoms with van der Waals surface area (Å²) in [7, 11) is 0. The van der Waals surface area contributed by atoms with Gasteiger partial charge in [-0.05, 0) is 42.9 Å². The van der Waals surface area contributed by atoms with Gasteiger partial charge in [-0.25, -0.2) is 4.79 Å². The topological polar surface area (TPSA) is 102 Å². The monoisotopic (exact) mass is 476 g/mol. The minimum Gasteiger partial charge on any atom is -0.445 e. The van der Waals surface area contributed by atoms with Gasteiger partial charge in [0.2, 0.25) is 5.91 Å². The Bertz CT molecular complexity index is 840. The molecule has 0 spiro atoms. The molecule has 2 aliphatic rings. The average Bonchev–Trinajstić information content (AvgIpc) is 3.21. The van der Waals surface area contributed by atoms with E-state index in [4.69, 9.17) is 16.3 Å². The maximum absolute atomic E-state index is 13.1. The van der Waals surface area contributed by atoms with Crippen LogP contribution >= 0.6 is 11.6 Å². The molecule has 3 rings (SSSR count). The number of alkyl carbamates (subject to hydrolysis) is 1. The zero-order chi connectivity index (χ0) is 23.6. The van der Waals surface area contributed by atoms with E-state index in [-0.39, 0.29) is 30.6 Å². The molecule has 0 aromatic heterocycles. The van der Waals surface area contributed by atoms with E-state index in [9.17, 15) is 19.2 Å². The first-order chi connectivity index (χ1) is 15.9. The Kier molecular flexibility index (Phi) is 9.73. The van der Waals surface area contributed by atoms with Crippen LogP contribution in [0.1, 0.15) is 63.4 Å². The predicted molar refractivity (Wildman–Crippen MR) is 125 cm³/mol. The van der Waals surface area contributed by atoms with E-state index in [1.54, 1.807) is 24.3 Å². The number of benzene rings is 1. The van der Waals surface area contributed by atoms with Crippen molar-refractivity contribution in [1.29, 1.82) is 0 Å². The maximum atomic E-state index is 13.1. The van der Waals surface area contributed by atoms with Gasteiger partial charge in [0.05, 0.1) is 6.04 Å². The maximum Gasteiger partial charge on any atom is 0.408 e.